The first-order valence-corrected chi connectivity index (χ1v) is 5.85. The summed E-state index contributed by atoms with van der Waals surface area (Å²) in [6.07, 6.45) is 5.23. The predicted octanol–water partition coefficient (Wildman–Crippen LogP) is 0.738. The van der Waals surface area contributed by atoms with Gasteiger partial charge in [0.15, 0.2) is 0 Å². The first-order chi connectivity index (χ1) is 6.83. The summed E-state index contributed by atoms with van der Waals surface area (Å²) in [6.45, 7) is 6.53. The van der Waals surface area contributed by atoms with Gasteiger partial charge >= 0.3 is 0 Å². The third-order valence-corrected chi connectivity index (χ3v) is 3.04. The summed E-state index contributed by atoms with van der Waals surface area (Å²) in [5.41, 5.74) is 0.144. The van der Waals surface area contributed by atoms with Crippen LogP contribution in [0.2, 0.25) is 0 Å². The van der Waals surface area contributed by atoms with Gasteiger partial charge < -0.3 is 15.7 Å². The average molecular weight is 200 g/mol. The lowest BCUT2D eigenvalue weighted by molar-refractivity contribution is 0.0681. The van der Waals surface area contributed by atoms with Crippen molar-refractivity contribution in [2.24, 2.45) is 5.41 Å². The third kappa shape index (κ3) is 3.56. The second-order valence-corrected chi connectivity index (χ2v) is 4.50. The van der Waals surface area contributed by atoms with Crippen LogP contribution in [0.15, 0.2) is 0 Å². The van der Waals surface area contributed by atoms with Crippen molar-refractivity contribution in [3.05, 3.63) is 0 Å². The van der Waals surface area contributed by atoms with Crippen LogP contribution in [0.1, 0.15) is 32.6 Å². The van der Waals surface area contributed by atoms with Crippen molar-refractivity contribution < 1.29 is 5.11 Å². The number of nitrogens with one attached hydrogen (secondary N) is 2. The first kappa shape index (κ1) is 12.0. The molecule has 0 aromatic rings. The number of rotatable bonds is 8. The van der Waals surface area contributed by atoms with Crippen LogP contribution in [-0.4, -0.2) is 37.9 Å². The average Bonchev–Trinajstić information content (AvgIpc) is 2.15. The lowest BCUT2D eigenvalue weighted by Gasteiger charge is -2.41. The fourth-order valence-electron chi connectivity index (χ4n) is 1.80. The highest BCUT2D eigenvalue weighted by Gasteiger charge is 2.35. The number of aliphatic hydroxyl groups excluding tert-OH is 1. The zero-order chi connectivity index (χ0) is 10.3. The van der Waals surface area contributed by atoms with E-state index in [1.54, 1.807) is 0 Å². The number of unbranched alkanes of at least 4 members (excludes halogenated alkanes) is 3. The van der Waals surface area contributed by atoms with Gasteiger partial charge in [0.25, 0.3) is 0 Å². The van der Waals surface area contributed by atoms with Crippen molar-refractivity contribution in [3.8, 4) is 0 Å². The second kappa shape index (κ2) is 6.38. The van der Waals surface area contributed by atoms with E-state index < -0.39 is 0 Å². The Labute approximate surface area is 87.3 Å². The topological polar surface area (TPSA) is 44.3 Å². The smallest absolute Gasteiger partial charge is 0.0524 e. The molecule has 3 N–H and O–H groups in total. The van der Waals surface area contributed by atoms with Gasteiger partial charge in [-0.25, -0.2) is 0 Å². The largest absolute Gasteiger partial charge is 0.396 e. The van der Waals surface area contributed by atoms with Crippen molar-refractivity contribution in [2.45, 2.75) is 32.6 Å². The Morgan fingerprint density at radius 1 is 1.29 bits per heavy atom. The normalized spacial score (nSPS) is 19.3. The first-order valence-electron chi connectivity index (χ1n) is 5.85. The molecule has 3 nitrogen and oxygen atoms in total. The van der Waals surface area contributed by atoms with Crippen molar-refractivity contribution in [3.63, 3.8) is 0 Å². The van der Waals surface area contributed by atoms with E-state index in [4.69, 9.17) is 0 Å². The van der Waals surface area contributed by atoms with Crippen LogP contribution in [0, 0.1) is 5.41 Å². The molecule has 0 saturated carbocycles. The van der Waals surface area contributed by atoms with E-state index in [1.165, 1.54) is 25.7 Å². The Kier molecular flexibility index (Phi) is 5.45. The molecule has 0 radical (unpaired) electrons. The van der Waals surface area contributed by atoms with Crippen molar-refractivity contribution in [1.29, 1.82) is 0 Å². The Hall–Kier alpha value is -0.120. The van der Waals surface area contributed by atoms with Crippen molar-refractivity contribution in [1.82, 2.24) is 10.6 Å². The SMILES string of the molecule is CCCCCCNCC1(CO)CNC1. The summed E-state index contributed by atoms with van der Waals surface area (Å²) in [6, 6.07) is 0. The number of hydrogen-bond donors (Lipinski definition) is 3. The van der Waals surface area contributed by atoms with E-state index in [-0.39, 0.29) is 5.41 Å². The van der Waals surface area contributed by atoms with Crippen LogP contribution in [0.25, 0.3) is 0 Å². The molecule has 1 heterocycles. The van der Waals surface area contributed by atoms with E-state index in [2.05, 4.69) is 17.6 Å². The Bertz CT molecular complexity index is 141. The van der Waals surface area contributed by atoms with Crippen molar-refractivity contribution >= 4 is 0 Å². The van der Waals surface area contributed by atoms with E-state index >= 15 is 0 Å². The monoisotopic (exact) mass is 200 g/mol. The highest BCUT2D eigenvalue weighted by molar-refractivity contribution is 4.93. The van der Waals surface area contributed by atoms with Gasteiger partial charge in [0.05, 0.1) is 6.61 Å². The predicted molar refractivity (Wildman–Crippen MR) is 59.4 cm³/mol. The summed E-state index contributed by atoms with van der Waals surface area (Å²) in [5, 5.41) is 15.8. The van der Waals surface area contributed by atoms with E-state index in [0.29, 0.717) is 6.61 Å². The molecule has 0 aromatic carbocycles. The molecule has 1 saturated heterocycles. The lowest BCUT2D eigenvalue weighted by atomic mass is 9.82. The molecule has 0 unspecified atom stereocenters. The van der Waals surface area contributed by atoms with Gasteiger partial charge in [0, 0.05) is 25.0 Å². The number of hydrogen-bond acceptors (Lipinski definition) is 3. The summed E-state index contributed by atoms with van der Waals surface area (Å²) in [7, 11) is 0. The van der Waals surface area contributed by atoms with Crippen LogP contribution >= 0.6 is 0 Å². The fraction of sp³-hybridized carbons (Fsp3) is 1.00. The van der Waals surface area contributed by atoms with Gasteiger partial charge in [0.1, 0.15) is 0 Å². The minimum atomic E-state index is 0.144. The van der Waals surface area contributed by atoms with Gasteiger partial charge in [0.2, 0.25) is 0 Å². The fourth-order valence-corrected chi connectivity index (χ4v) is 1.80. The molecular weight excluding hydrogens is 176 g/mol. The molecule has 84 valence electrons. The molecule has 0 spiro atoms. The molecule has 0 bridgehead atoms. The number of aliphatic hydroxyl groups is 1. The molecule has 0 aromatic heterocycles. The molecule has 1 aliphatic heterocycles. The Morgan fingerprint density at radius 3 is 2.57 bits per heavy atom. The van der Waals surface area contributed by atoms with Gasteiger partial charge in [-0.1, -0.05) is 26.2 Å². The molecule has 1 fully saturated rings. The quantitative estimate of drug-likeness (QED) is 0.506. The lowest BCUT2D eigenvalue weighted by Crippen LogP contribution is -2.60. The zero-order valence-electron chi connectivity index (χ0n) is 9.31. The maximum atomic E-state index is 9.20. The highest BCUT2D eigenvalue weighted by Crippen LogP contribution is 2.19. The van der Waals surface area contributed by atoms with Crippen LogP contribution in [0.5, 0.6) is 0 Å². The molecule has 1 aliphatic rings. The molecule has 0 atom stereocenters. The van der Waals surface area contributed by atoms with Crippen LogP contribution in [0.3, 0.4) is 0 Å². The second-order valence-electron chi connectivity index (χ2n) is 4.50. The van der Waals surface area contributed by atoms with E-state index in [9.17, 15) is 5.11 Å². The standard InChI is InChI=1S/C11H24N2O/c1-2-3-4-5-6-12-7-11(10-14)8-13-9-11/h12-14H,2-10H2,1H3. The third-order valence-electron chi connectivity index (χ3n) is 3.04. The maximum Gasteiger partial charge on any atom is 0.0524 e. The van der Waals surface area contributed by atoms with E-state index in [1.807, 2.05) is 0 Å². The van der Waals surface area contributed by atoms with Crippen LogP contribution in [-0.2, 0) is 0 Å². The van der Waals surface area contributed by atoms with Gasteiger partial charge in [-0.2, -0.15) is 0 Å². The summed E-state index contributed by atoms with van der Waals surface area (Å²) in [4.78, 5) is 0. The van der Waals surface area contributed by atoms with E-state index in [0.717, 1.165) is 26.2 Å². The minimum Gasteiger partial charge on any atom is -0.396 e. The Balaban J connectivity index is 1.92. The molecule has 0 aliphatic carbocycles. The van der Waals surface area contributed by atoms with Crippen LogP contribution in [0.4, 0.5) is 0 Å². The molecule has 3 heteroatoms. The molecular formula is C11H24N2O. The van der Waals surface area contributed by atoms with Gasteiger partial charge in [-0.15, -0.1) is 0 Å². The van der Waals surface area contributed by atoms with Gasteiger partial charge in [-0.3, -0.25) is 0 Å². The summed E-state index contributed by atoms with van der Waals surface area (Å²) in [5.74, 6) is 0. The molecule has 14 heavy (non-hydrogen) atoms. The summed E-state index contributed by atoms with van der Waals surface area (Å²) >= 11 is 0. The van der Waals surface area contributed by atoms with Crippen molar-refractivity contribution in [2.75, 3.05) is 32.8 Å². The minimum absolute atomic E-state index is 0.144. The summed E-state index contributed by atoms with van der Waals surface area (Å²) < 4.78 is 0. The zero-order valence-corrected chi connectivity index (χ0v) is 9.31. The molecule has 0 amide bonds. The van der Waals surface area contributed by atoms with Gasteiger partial charge in [-0.05, 0) is 13.0 Å². The maximum absolute atomic E-state index is 9.20. The Morgan fingerprint density at radius 2 is 2.07 bits per heavy atom. The highest BCUT2D eigenvalue weighted by atomic mass is 16.3. The molecule has 1 rings (SSSR count). The van der Waals surface area contributed by atoms with Crippen LogP contribution < -0.4 is 10.6 Å².